The SMILES string of the molecule is CC(C)N(C(=O)c1cc(F)ccc1Oc1cncnc1N1CC2(CCN(CC3(F)CCN(S(=O)(=O)N4C[C@@H]5C[C@H]4CN5C(=O)/C=C/CN(C)C)CC3)CC2)C1)C(C)C. The molecule has 0 aliphatic carbocycles. The molecule has 6 heterocycles. The molecule has 5 saturated heterocycles. The van der Waals surface area contributed by atoms with Gasteiger partial charge in [-0.15, -0.1) is 0 Å². The van der Waals surface area contributed by atoms with Crippen molar-refractivity contribution in [3.8, 4) is 11.5 Å². The Morgan fingerprint density at radius 2 is 1.67 bits per heavy atom. The third kappa shape index (κ3) is 8.74. The van der Waals surface area contributed by atoms with E-state index in [0.29, 0.717) is 31.1 Å². The first-order valence-corrected chi connectivity index (χ1v) is 22.0. The lowest BCUT2D eigenvalue weighted by atomic mass is 9.71. The molecule has 0 N–H and O–H groups in total. The van der Waals surface area contributed by atoms with Crippen molar-refractivity contribution in [3.05, 3.63) is 54.3 Å². The first-order chi connectivity index (χ1) is 27.5. The Morgan fingerprint density at radius 1 is 0.983 bits per heavy atom. The van der Waals surface area contributed by atoms with E-state index in [4.69, 9.17) is 4.74 Å². The Hall–Kier alpha value is -3.77. The van der Waals surface area contributed by atoms with Gasteiger partial charge in [-0.1, -0.05) is 6.08 Å². The van der Waals surface area contributed by atoms with Crippen LogP contribution in [0.15, 0.2) is 42.9 Å². The molecule has 5 aliphatic heterocycles. The lowest BCUT2D eigenvalue weighted by Gasteiger charge is -2.55. The summed E-state index contributed by atoms with van der Waals surface area (Å²) in [5, 5.41) is 0. The zero-order valence-corrected chi connectivity index (χ0v) is 35.5. The van der Waals surface area contributed by atoms with Crippen molar-refractivity contribution in [2.45, 2.75) is 89.6 Å². The van der Waals surface area contributed by atoms with Crippen LogP contribution >= 0.6 is 0 Å². The van der Waals surface area contributed by atoms with Gasteiger partial charge in [-0.2, -0.15) is 17.0 Å². The van der Waals surface area contributed by atoms with Gasteiger partial charge in [0.1, 0.15) is 23.6 Å². The third-order valence-electron chi connectivity index (χ3n) is 12.6. The highest BCUT2D eigenvalue weighted by Crippen LogP contribution is 2.46. The second-order valence-electron chi connectivity index (χ2n) is 17.8. The van der Waals surface area contributed by atoms with Gasteiger partial charge in [0.05, 0.1) is 11.8 Å². The fraction of sp³-hybridized carbons (Fsp3) is 0.659. The zero-order valence-electron chi connectivity index (χ0n) is 34.7. The molecule has 2 bridgehead atoms. The number of fused-ring (bicyclic) bond motifs is 2. The summed E-state index contributed by atoms with van der Waals surface area (Å²) in [6.07, 6.45) is 9.13. The number of alkyl halides is 1. The normalized spacial score (nSPS) is 23.8. The number of likely N-dealkylation sites (N-methyl/N-ethyl adjacent to an activating group) is 1. The number of ether oxygens (including phenoxy) is 1. The van der Waals surface area contributed by atoms with Crippen molar-refractivity contribution in [2.24, 2.45) is 5.41 Å². The van der Waals surface area contributed by atoms with E-state index in [1.54, 1.807) is 22.1 Å². The number of hydrogen-bond donors (Lipinski definition) is 0. The highest BCUT2D eigenvalue weighted by Gasteiger charge is 2.52. The second kappa shape index (κ2) is 16.7. The van der Waals surface area contributed by atoms with Crippen molar-refractivity contribution in [2.75, 3.05) is 84.4 Å². The smallest absolute Gasteiger partial charge is 0.282 e. The van der Waals surface area contributed by atoms with Crippen LogP contribution in [0.2, 0.25) is 0 Å². The standard InChI is InChI=1S/C41H59F2N9O5S/c1-29(2)52(30(3)4)39(54)34-20-31(42)9-10-35(34)57-36-22-44-28-45-38(36)48-25-40(26-48)11-16-47(17-12-40)27-41(43)13-18-49(19-14-41)58(55,56)51-24-32-21-33(51)23-50(32)37(53)8-7-15-46(5)6/h7-10,20,22,28-30,32-33H,11-19,21,23-27H2,1-6H3/b8-7+/t32-,33-/m0/s1. The summed E-state index contributed by atoms with van der Waals surface area (Å²) in [6, 6.07) is 3.36. The van der Waals surface area contributed by atoms with Crippen LogP contribution in [0.3, 0.4) is 0 Å². The molecule has 2 aromatic rings. The molecule has 0 unspecified atom stereocenters. The topological polar surface area (TPSA) is 126 Å². The number of benzene rings is 1. The number of halogens is 2. The maximum absolute atomic E-state index is 16.3. The molecule has 14 nitrogen and oxygen atoms in total. The Kier molecular flexibility index (Phi) is 12.2. The number of aromatic nitrogens is 2. The lowest BCUT2D eigenvalue weighted by molar-refractivity contribution is -0.127. The van der Waals surface area contributed by atoms with Gasteiger partial charge in [0.2, 0.25) is 5.91 Å². The first kappa shape index (κ1) is 42.4. The largest absolute Gasteiger partial charge is 0.451 e. The number of carbonyl (C=O) groups excluding carboxylic acids is 2. The Bertz CT molecular complexity index is 1950. The van der Waals surface area contributed by atoms with Crippen LogP contribution < -0.4 is 9.64 Å². The van der Waals surface area contributed by atoms with E-state index in [1.807, 2.05) is 52.8 Å². The van der Waals surface area contributed by atoms with Crippen LogP contribution in [0.4, 0.5) is 14.6 Å². The Morgan fingerprint density at radius 3 is 2.29 bits per heavy atom. The molecule has 1 aromatic carbocycles. The summed E-state index contributed by atoms with van der Waals surface area (Å²) in [4.78, 5) is 44.8. The van der Waals surface area contributed by atoms with E-state index in [2.05, 4.69) is 19.8 Å². The minimum atomic E-state index is -3.76. The summed E-state index contributed by atoms with van der Waals surface area (Å²) in [5.41, 5.74) is -1.29. The number of rotatable bonds is 13. The average molecular weight is 828 g/mol. The van der Waals surface area contributed by atoms with Crippen LogP contribution in [-0.4, -0.2) is 168 Å². The van der Waals surface area contributed by atoms with Gasteiger partial charge in [-0.3, -0.25) is 9.59 Å². The maximum atomic E-state index is 16.3. The van der Waals surface area contributed by atoms with E-state index < -0.39 is 21.7 Å². The molecule has 7 rings (SSSR count). The molecular weight excluding hydrogens is 769 g/mol. The fourth-order valence-electron chi connectivity index (χ4n) is 9.58. The van der Waals surface area contributed by atoms with Crippen LogP contribution in [0.1, 0.15) is 70.2 Å². The van der Waals surface area contributed by atoms with Crippen LogP contribution in [0.5, 0.6) is 11.5 Å². The van der Waals surface area contributed by atoms with Crippen molar-refractivity contribution >= 4 is 27.8 Å². The van der Waals surface area contributed by atoms with Gasteiger partial charge in [-0.05, 0) is 105 Å². The molecule has 5 fully saturated rings. The maximum Gasteiger partial charge on any atom is 0.282 e. The van der Waals surface area contributed by atoms with Crippen LogP contribution in [0.25, 0.3) is 0 Å². The molecule has 5 aliphatic rings. The number of hydrogen-bond acceptors (Lipinski definition) is 10. The second-order valence-corrected chi connectivity index (χ2v) is 19.7. The van der Waals surface area contributed by atoms with Gasteiger partial charge in [-0.25, -0.2) is 18.7 Å². The number of anilines is 1. The molecule has 0 saturated carbocycles. The quantitative estimate of drug-likeness (QED) is 0.274. The fourth-order valence-corrected chi connectivity index (χ4v) is 11.4. The van der Waals surface area contributed by atoms with E-state index in [9.17, 15) is 22.4 Å². The van der Waals surface area contributed by atoms with E-state index in [1.165, 1.54) is 33.1 Å². The van der Waals surface area contributed by atoms with Crippen molar-refractivity contribution in [1.29, 1.82) is 0 Å². The first-order valence-electron chi connectivity index (χ1n) is 20.6. The molecule has 1 aromatic heterocycles. The van der Waals surface area contributed by atoms with Crippen LogP contribution in [-0.2, 0) is 15.0 Å². The monoisotopic (exact) mass is 827 g/mol. The van der Waals surface area contributed by atoms with Crippen molar-refractivity contribution < 1.29 is 31.5 Å². The summed E-state index contributed by atoms with van der Waals surface area (Å²) in [7, 11) is 0.0983. The van der Waals surface area contributed by atoms with Gasteiger partial charge >= 0.3 is 0 Å². The molecular formula is C41H59F2N9O5S. The summed E-state index contributed by atoms with van der Waals surface area (Å²) in [5.74, 6) is 0.271. The number of carbonyl (C=O) groups is 2. The predicted octanol–water partition coefficient (Wildman–Crippen LogP) is 4.02. The number of piperidine rings is 2. The van der Waals surface area contributed by atoms with Gasteiger partial charge in [0, 0.05) is 88.0 Å². The highest BCUT2D eigenvalue weighted by molar-refractivity contribution is 7.86. The number of likely N-dealkylation sites (tertiary alicyclic amines) is 2. The minimum absolute atomic E-state index is 0.0451. The highest BCUT2D eigenvalue weighted by atomic mass is 32.2. The molecule has 2 atom stereocenters. The lowest BCUT2D eigenvalue weighted by Crippen LogP contribution is -2.62. The van der Waals surface area contributed by atoms with Gasteiger partial charge in [0.25, 0.3) is 16.1 Å². The van der Waals surface area contributed by atoms with Gasteiger partial charge in [0.15, 0.2) is 11.6 Å². The van der Waals surface area contributed by atoms with Gasteiger partial charge < -0.3 is 29.2 Å². The number of piperazine rings is 1. The summed E-state index contributed by atoms with van der Waals surface area (Å²) >= 11 is 0. The van der Waals surface area contributed by atoms with Crippen molar-refractivity contribution in [1.82, 2.24) is 38.2 Å². The van der Waals surface area contributed by atoms with E-state index in [-0.39, 0.29) is 91.7 Å². The minimum Gasteiger partial charge on any atom is -0.451 e. The van der Waals surface area contributed by atoms with E-state index in [0.717, 1.165) is 39.0 Å². The Balaban J connectivity index is 0.894. The summed E-state index contributed by atoms with van der Waals surface area (Å²) < 4.78 is 67.5. The zero-order chi connectivity index (χ0) is 41.6. The predicted molar refractivity (Wildman–Crippen MR) is 217 cm³/mol. The molecule has 318 valence electrons. The third-order valence-corrected chi connectivity index (χ3v) is 14.7. The average Bonchev–Trinajstić information content (AvgIpc) is 3.78. The number of amides is 2. The van der Waals surface area contributed by atoms with Crippen molar-refractivity contribution in [3.63, 3.8) is 0 Å². The molecule has 58 heavy (non-hydrogen) atoms. The van der Waals surface area contributed by atoms with Crippen LogP contribution in [0, 0.1) is 11.2 Å². The molecule has 0 radical (unpaired) electrons. The molecule has 2 amide bonds. The molecule has 17 heteroatoms. The number of nitrogens with zero attached hydrogens (tertiary/aromatic N) is 9. The Labute approximate surface area is 342 Å². The van der Waals surface area contributed by atoms with E-state index >= 15 is 4.39 Å². The summed E-state index contributed by atoms with van der Waals surface area (Å²) in [6.45, 7) is 12.5. The molecule has 1 spiro atoms.